The van der Waals surface area contributed by atoms with Crippen LogP contribution in [0.3, 0.4) is 0 Å². The summed E-state index contributed by atoms with van der Waals surface area (Å²) in [5, 5.41) is 1.21. The number of aldehydes is 1. The zero-order chi connectivity index (χ0) is 13.4. The van der Waals surface area contributed by atoms with Gasteiger partial charge in [-0.25, -0.2) is 9.97 Å². The third-order valence-electron chi connectivity index (χ3n) is 2.90. The van der Waals surface area contributed by atoms with Gasteiger partial charge in [-0.15, -0.1) is 0 Å². The van der Waals surface area contributed by atoms with E-state index in [0.717, 1.165) is 29.4 Å². The molecule has 0 fully saturated rings. The Labute approximate surface area is 111 Å². The maximum Gasteiger partial charge on any atom is 0.153 e. The molecule has 2 aromatic heterocycles. The second-order valence-electron chi connectivity index (χ2n) is 4.90. The minimum atomic E-state index is 0.421. The Morgan fingerprint density at radius 2 is 2.06 bits per heavy atom. The van der Waals surface area contributed by atoms with Gasteiger partial charge in [-0.2, -0.15) is 0 Å². The van der Waals surface area contributed by atoms with Crippen LogP contribution in [-0.2, 0) is 13.5 Å². The van der Waals surface area contributed by atoms with Crippen molar-refractivity contribution in [2.45, 2.75) is 27.2 Å². The Bertz CT molecular complexity index is 616. The maximum absolute atomic E-state index is 11.2. The summed E-state index contributed by atoms with van der Waals surface area (Å²) in [4.78, 5) is 20.1. The van der Waals surface area contributed by atoms with E-state index in [9.17, 15) is 4.79 Å². The summed E-state index contributed by atoms with van der Waals surface area (Å²) in [7, 11) is 1.81. The molecular formula is C13H16ClN3O. The number of hydrogen-bond donors (Lipinski definition) is 0. The Morgan fingerprint density at radius 3 is 2.61 bits per heavy atom. The highest BCUT2D eigenvalue weighted by atomic mass is 35.5. The Kier molecular flexibility index (Phi) is 3.39. The highest BCUT2D eigenvalue weighted by Crippen LogP contribution is 2.29. The number of nitrogens with zero attached hydrogens (tertiary/aromatic N) is 3. The van der Waals surface area contributed by atoms with Crippen molar-refractivity contribution in [2.75, 3.05) is 0 Å². The molecule has 0 aliphatic carbocycles. The molecule has 0 bridgehead atoms. The van der Waals surface area contributed by atoms with E-state index in [1.807, 2.05) is 14.0 Å². The molecule has 0 aliphatic heterocycles. The standard InChI is InChI=1S/C13H16ClN3O/c1-7(2)5-10-11-9(6-18)12(14)17(4)13(11)16-8(3)15-10/h6-7H,5H2,1-4H3. The van der Waals surface area contributed by atoms with Crippen LogP contribution < -0.4 is 0 Å². The fourth-order valence-electron chi connectivity index (χ4n) is 2.15. The first-order valence-corrected chi connectivity index (χ1v) is 6.30. The first kappa shape index (κ1) is 13.0. The molecule has 5 heteroatoms. The number of carbonyl (C=O) groups is 1. The van der Waals surface area contributed by atoms with E-state index in [2.05, 4.69) is 23.8 Å². The third-order valence-corrected chi connectivity index (χ3v) is 3.36. The molecule has 4 nitrogen and oxygen atoms in total. The summed E-state index contributed by atoms with van der Waals surface area (Å²) in [5.74, 6) is 1.16. The molecule has 0 amide bonds. The van der Waals surface area contributed by atoms with Gasteiger partial charge in [0.15, 0.2) is 6.29 Å². The quantitative estimate of drug-likeness (QED) is 0.802. The highest BCUT2D eigenvalue weighted by Gasteiger charge is 2.19. The van der Waals surface area contributed by atoms with E-state index in [1.54, 1.807) is 4.57 Å². The smallest absolute Gasteiger partial charge is 0.153 e. The van der Waals surface area contributed by atoms with E-state index in [1.165, 1.54) is 0 Å². The van der Waals surface area contributed by atoms with Crippen molar-refractivity contribution in [3.63, 3.8) is 0 Å². The van der Waals surface area contributed by atoms with Crippen LogP contribution >= 0.6 is 11.6 Å². The first-order valence-electron chi connectivity index (χ1n) is 5.92. The number of carbonyl (C=O) groups excluding carboxylic acids is 1. The largest absolute Gasteiger partial charge is 0.319 e. The van der Waals surface area contributed by atoms with E-state index >= 15 is 0 Å². The second kappa shape index (κ2) is 4.69. The predicted octanol–water partition coefficient (Wildman–Crippen LogP) is 2.94. The number of halogens is 1. The van der Waals surface area contributed by atoms with Gasteiger partial charge in [0.25, 0.3) is 0 Å². The fourth-order valence-corrected chi connectivity index (χ4v) is 2.37. The van der Waals surface area contributed by atoms with Gasteiger partial charge in [0, 0.05) is 7.05 Å². The van der Waals surface area contributed by atoms with E-state index in [4.69, 9.17) is 11.6 Å². The minimum Gasteiger partial charge on any atom is -0.319 e. The lowest BCUT2D eigenvalue weighted by atomic mass is 10.0. The van der Waals surface area contributed by atoms with Crippen LogP contribution in [0.15, 0.2) is 0 Å². The number of rotatable bonds is 3. The van der Waals surface area contributed by atoms with Crippen LogP contribution in [-0.4, -0.2) is 20.8 Å². The summed E-state index contributed by atoms with van der Waals surface area (Å²) < 4.78 is 1.74. The average Bonchev–Trinajstić information content (AvgIpc) is 2.52. The van der Waals surface area contributed by atoms with Gasteiger partial charge in [-0.1, -0.05) is 25.4 Å². The van der Waals surface area contributed by atoms with E-state index in [0.29, 0.717) is 22.5 Å². The molecule has 2 aromatic rings. The van der Waals surface area contributed by atoms with Crippen LogP contribution in [0, 0.1) is 12.8 Å². The normalized spacial score (nSPS) is 11.4. The molecule has 96 valence electrons. The van der Waals surface area contributed by atoms with Gasteiger partial charge in [0.2, 0.25) is 0 Å². The Balaban J connectivity index is 2.84. The molecule has 0 atom stereocenters. The lowest BCUT2D eigenvalue weighted by Gasteiger charge is -2.07. The number of hydrogen-bond acceptors (Lipinski definition) is 3. The van der Waals surface area contributed by atoms with E-state index < -0.39 is 0 Å². The van der Waals surface area contributed by atoms with Crippen molar-refractivity contribution in [3.05, 3.63) is 22.2 Å². The topological polar surface area (TPSA) is 47.8 Å². The zero-order valence-corrected chi connectivity index (χ0v) is 11.7. The van der Waals surface area contributed by atoms with Crippen LogP contribution in [0.25, 0.3) is 11.0 Å². The van der Waals surface area contributed by atoms with Crippen molar-refractivity contribution in [1.29, 1.82) is 0 Å². The fraction of sp³-hybridized carbons (Fsp3) is 0.462. The monoisotopic (exact) mass is 265 g/mol. The van der Waals surface area contributed by atoms with Crippen LogP contribution in [0.1, 0.15) is 35.7 Å². The lowest BCUT2D eigenvalue weighted by molar-refractivity contribution is 0.112. The molecule has 0 N–H and O–H groups in total. The van der Waals surface area contributed by atoms with Crippen molar-refractivity contribution < 1.29 is 4.79 Å². The highest BCUT2D eigenvalue weighted by molar-refractivity contribution is 6.34. The Hall–Kier alpha value is -1.42. The SMILES string of the molecule is Cc1nc(CC(C)C)c2c(C=O)c(Cl)n(C)c2n1. The van der Waals surface area contributed by atoms with Crippen LogP contribution in [0.5, 0.6) is 0 Å². The van der Waals surface area contributed by atoms with E-state index in [-0.39, 0.29) is 0 Å². The molecule has 0 radical (unpaired) electrons. The molecule has 0 aromatic carbocycles. The molecule has 0 aliphatic rings. The summed E-state index contributed by atoms with van der Waals surface area (Å²) >= 11 is 6.16. The van der Waals surface area contributed by atoms with Crippen molar-refractivity contribution in [1.82, 2.24) is 14.5 Å². The summed E-state index contributed by atoms with van der Waals surface area (Å²) in [6, 6.07) is 0. The predicted molar refractivity (Wildman–Crippen MR) is 72.2 cm³/mol. The summed E-state index contributed by atoms with van der Waals surface area (Å²) in [5.41, 5.74) is 2.12. The molecular weight excluding hydrogens is 250 g/mol. The molecule has 0 saturated heterocycles. The molecule has 2 heterocycles. The van der Waals surface area contributed by atoms with Crippen molar-refractivity contribution >= 4 is 28.9 Å². The van der Waals surface area contributed by atoms with Crippen molar-refractivity contribution in [3.8, 4) is 0 Å². The molecule has 0 unspecified atom stereocenters. The van der Waals surface area contributed by atoms with Gasteiger partial charge >= 0.3 is 0 Å². The lowest BCUT2D eigenvalue weighted by Crippen LogP contribution is -2.03. The molecule has 0 saturated carbocycles. The Morgan fingerprint density at radius 1 is 1.39 bits per heavy atom. The molecule has 0 spiro atoms. The molecule has 2 rings (SSSR count). The van der Waals surface area contributed by atoms with Crippen LogP contribution in [0.4, 0.5) is 0 Å². The number of fused-ring (bicyclic) bond motifs is 1. The zero-order valence-electron chi connectivity index (χ0n) is 11.0. The van der Waals surface area contributed by atoms with Gasteiger partial charge in [0.05, 0.1) is 16.6 Å². The first-order chi connectivity index (χ1) is 8.45. The van der Waals surface area contributed by atoms with Gasteiger partial charge < -0.3 is 4.57 Å². The average molecular weight is 266 g/mol. The summed E-state index contributed by atoms with van der Waals surface area (Å²) in [6.07, 6.45) is 1.59. The second-order valence-corrected chi connectivity index (χ2v) is 5.25. The van der Waals surface area contributed by atoms with Gasteiger partial charge in [0.1, 0.15) is 16.6 Å². The number of aryl methyl sites for hydroxylation is 2. The van der Waals surface area contributed by atoms with Gasteiger partial charge in [-0.3, -0.25) is 4.79 Å². The summed E-state index contributed by atoms with van der Waals surface area (Å²) in [6.45, 7) is 6.09. The maximum atomic E-state index is 11.2. The molecule has 18 heavy (non-hydrogen) atoms. The minimum absolute atomic E-state index is 0.421. The van der Waals surface area contributed by atoms with Crippen molar-refractivity contribution in [2.24, 2.45) is 13.0 Å². The third kappa shape index (κ3) is 2.01. The van der Waals surface area contributed by atoms with Gasteiger partial charge in [-0.05, 0) is 19.3 Å². The van der Waals surface area contributed by atoms with Crippen LogP contribution in [0.2, 0.25) is 5.15 Å². The number of aromatic nitrogens is 3.